The van der Waals surface area contributed by atoms with Gasteiger partial charge in [0.05, 0.1) is 7.11 Å². The molecule has 5 heteroatoms. The fourth-order valence-corrected chi connectivity index (χ4v) is 2.48. The first-order chi connectivity index (χ1) is 9.10. The van der Waals surface area contributed by atoms with Gasteiger partial charge in [-0.2, -0.15) is 0 Å². The Morgan fingerprint density at radius 2 is 2.21 bits per heavy atom. The van der Waals surface area contributed by atoms with Crippen LogP contribution >= 0.6 is 11.3 Å². The molecule has 1 aromatic carbocycles. The maximum absolute atomic E-state index is 13.3. The average Bonchev–Trinajstić information content (AvgIpc) is 2.86. The van der Waals surface area contributed by atoms with Crippen LogP contribution < -0.4 is 10.1 Å². The smallest absolute Gasteiger partial charge is 0.165 e. The Morgan fingerprint density at radius 3 is 2.89 bits per heavy atom. The number of hydrogen-bond acceptors (Lipinski definition) is 4. The number of nitrogens with zero attached hydrogens (tertiary/aromatic N) is 1. The van der Waals surface area contributed by atoms with Gasteiger partial charge in [0.2, 0.25) is 0 Å². The first-order valence-electron chi connectivity index (χ1n) is 6.12. The molecule has 19 heavy (non-hydrogen) atoms. The van der Waals surface area contributed by atoms with Crippen LogP contribution in [0.2, 0.25) is 0 Å². The summed E-state index contributed by atoms with van der Waals surface area (Å²) in [7, 11) is 1.46. The quantitative estimate of drug-likeness (QED) is 0.910. The van der Waals surface area contributed by atoms with E-state index in [-0.39, 0.29) is 11.6 Å². The number of nitrogens with one attached hydrogen (secondary N) is 1. The zero-order valence-electron chi connectivity index (χ0n) is 11.2. The zero-order valence-corrected chi connectivity index (χ0v) is 12.1. The lowest BCUT2D eigenvalue weighted by Gasteiger charge is -2.05. The molecule has 102 valence electrons. The van der Waals surface area contributed by atoms with Crippen molar-refractivity contribution in [2.24, 2.45) is 0 Å². The summed E-state index contributed by atoms with van der Waals surface area (Å²) in [5.41, 5.74) is 0.874. The van der Waals surface area contributed by atoms with Crippen molar-refractivity contribution in [2.75, 3.05) is 7.11 Å². The minimum atomic E-state index is -0.357. The molecule has 0 aliphatic heterocycles. The second-order valence-electron chi connectivity index (χ2n) is 4.52. The minimum absolute atomic E-state index is 0.245. The van der Waals surface area contributed by atoms with Gasteiger partial charge in [-0.05, 0) is 18.2 Å². The van der Waals surface area contributed by atoms with E-state index in [1.54, 1.807) is 23.5 Å². The molecule has 0 aliphatic rings. The highest BCUT2D eigenvalue weighted by molar-refractivity contribution is 7.15. The fraction of sp³-hybridized carbons (Fsp3) is 0.357. The van der Waals surface area contributed by atoms with Gasteiger partial charge in [0.1, 0.15) is 5.01 Å². The molecule has 2 aromatic rings. The molecule has 0 bridgehead atoms. The predicted molar refractivity (Wildman–Crippen MR) is 76.0 cm³/mol. The lowest BCUT2D eigenvalue weighted by atomic mass is 10.2. The Balaban J connectivity index is 2.18. The van der Waals surface area contributed by atoms with Crippen molar-refractivity contribution in [2.45, 2.75) is 26.4 Å². The molecule has 3 nitrogen and oxygen atoms in total. The molecule has 0 unspecified atom stereocenters. The van der Waals surface area contributed by atoms with E-state index in [1.165, 1.54) is 13.2 Å². The van der Waals surface area contributed by atoms with Crippen molar-refractivity contribution in [3.63, 3.8) is 0 Å². The summed E-state index contributed by atoms with van der Waals surface area (Å²) in [6, 6.07) is 5.24. The van der Waals surface area contributed by atoms with Crippen LogP contribution in [-0.4, -0.2) is 18.1 Å². The van der Waals surface area contributed by atoms with Crippen LogP contribution in [0, 0.1) is 5.82 Å². The monoisotopic (exact) mass is 280 g/mol. The second kappa shape index (κ2) is 6.12. The van der Waals surface area contributed by atoms with Gasteiger partial charge in [0.15, 0.2) is 11.6 Å². The van der Waals surface area contributed by atoms with Crippen LogP contribution in [-0.2, 0) is 6.54 Å². The lowest BCUT2D eigenvalue weighted by molar-refractivity contribution is 0.387. The van der Waals surface area contributed by atoms with Crippen molar-refractivity contribution in [3.8, 4) is 16.3 Å². The van der Waals surface area contributed by atoms with E-state index in [4.69, 9.17) is 4.74 Å². The Kier molecular flexibility index (Phi) is 4.50. The van der Waals surface area contributed by atoms with Gasteiger partial charge >= 0.3 is 0 Å². The van der Waals surface area contributed by atoms with Gasteiger partial charge in [-0.15, -0.1) is 11.3 Å². The normalized spacial score (nSPS) is 11.0. The van der Waals surface area contributed by atoms with Gasteiger partial charge in [0, 0.05) is 29.2 Å². The van der Waals surface area contributed by atoms with Gasteiger partial charge in [-0.1, -0.05) is 13.8 Å². The van der Waals surface area contributed by atoms with Crippen molar-refractivity contribution in [3.05, 3.63) is 35.1 Å². The molecule has 0 spiro atoms. The second-order valence-corrected chi connectivity index (χ2v) is 5.63. The summed E-state index contributed by atoms with van der Waals surface area (Å²) >= 11 is 1.60. The molecule has 0 atom stereocenters. The first-order valence-corrected chi connectivity index (χ1v) is 6.94. The number of hydrogen-bond donors (Lipinski definition) is 1. The molecular weight excluding hydrogens is 263 g/mol. The Labute approximate surface area is 116 Å². The standard InChI is InChI=1S/C14H17FN2OS/c1-9(2)16-7-11-8-17-14(19-11)10-4-5-12(15)13(6-10)18-3/h4-6,8-9,16H,7H2,1-3H3. The summed E-state index contributed by atoms with van der Waals surface area (Å²) < 4.78 is 18.3. The van der Waals surface area contributed by atoms with Crippen LogP contribution in [0.1, 0.15) is 18.7 Å². The third kappa shape index (κ3) is 3.52. The molecular formula is C14H17FN2OS. The molecule has 0 fully saturated rings. The summed E-state index contributed by atoms with van der Waals surface area (Å²) in [6.07, 6.45) is 1.85. The van der Waals surface area contributed by atoms with Gasteiger partial charge in [-0.25, -0.2) is 9.37 Å². The topological polar surface area (TPSA) is 34.1 Å². The van der Waals surface area contributed by atoms with Crippen LogP contribution in [0.25, 0.3) is 10.6 Å². The van der Waals surface area contributed by atoms with Crippen LogP contribution in [0.4, 0.5) is 4.39 Å². The third-order valence-electron chi connectivity index (χ3n) is 2.64. The maximum Gasteiger partial charge on any atom is 0.165 e. The van der Waals surface area contributed by atoms with Crippen LogP contribution in [0.3, 0.4) is 0 Å². The average molecular weight is 280 g/mol. The first kappa shape index (κ1) is 14.0. The van der Waals surface area contributed by atoms with E-state index in [1.807, 2.05) is 6.20 Å². The van der Waals surface area contributed by atoms with E-state index in [0.717, 1.165) is 22.0 Å². The predicted octanol–water partition coefficient (Wildman–Crippen LogP) is 3.46. The molecule has 0 saturated carbocycles. The van der Waals surface area contributed by atoms with E-state index >= 15 is 0 Å². The summed E-state index contributed by atoms with van der Waals surface area (Å²) in [4.78, 5) is 5.53. The SMILES string of the molecule is COc1cc(-c2ncc(CNC(C)C)s2)ccc1F. The van der Waals surface area contributed by atoms with Crippen molar-refractivity contribution < 1.29 is 9.13 Å². The fourth-order valence-electron chi connectivity index (χ4n) is 1.62. The highest BCUT2D eigenvalue weighted by Gasteiger charge is 2.09. The number of aromatic nitrogens is 1. The summed E-state index contributed by atoms with van der Waals surface area (Å²) in [6.45, 7) is 5.01. The number of benzene rings is 1. The summed E-state index contributed by atoms with van der Waals surface area (Å²) in [5.74, 6) is -0.112. The number of ether oxygens (including phenoxy) is 1. The zero-order chi connectivity index (χ0) is 13.8. The van der Waals surface area contributed by atoms with E-state index in [2.05, 4.69) is 24.1 Å². The van der Waals surface area contributed by atoms with Gasteiger partial charge in [0.25, 0.3) is 0 Å². The molecule has 1 heterocycles. The molecule has 0 radical (unpaired) electrons. The molecule has 0 amide bonds. The lowest BCUT2D eigenvalue weighted by Crippen LogP contribution is -2.21. The number of rotatable bonds is 5. The van der Waals surface area contributed by atoms with E-state index < -0.39 is 0 Å². The van der Waals surface area contributed by atoms with E-state index in [9.17, 15) is 4.39 Å². The minimum Gasteiger partial charge on any atom is -0.494 e. The van der Waals surface area contributed by atoms with E-state index in [0.29, 0.717) is 6.04 Å². The number of methoxy groups -OCH3 is 1. The Hall–Kier alpha value is -1.46. The summed E-state index contributed by atoms with van der Waals surface area (Å²) in [5, 5.41) is 4.22. The molecule has 1 N–H and O–H groups in total. The molecule has 1 aromatic heterocycles. The van der Waals surface area contributed by atoms with Crippen molar-refractivity contribution >= 4 is 11.3 Å². The Bertz CT molecular complexity index is 554. The highest BCUT2D eigenvalue weighted by atomic mass is 32.1. The molecule has 0 aliphatic carbocycles. The molecule has 2 rings (SSSR count). The van der Waals surface area contributed by atoms with Crippen molar-refractivity contribution in [1.82, 2.24) is 10.3 Å². The Morgan fingerprint density at radius 1 is 1.42 bits per heavy atom. The largest absolute Gasteiger partial charge is 0.494 e. The van der Waals surface area contributed by atoms with Gasteiger partial charge in [-0.3, -0.25) is 0 Å². The van der Waals surface area contributed by atoms with Crippen LogP contribution in [0.5, 0.6) is 5.75 Å². The van der Waals surface area contributed by atoms with Crippen LogP contribution in [0.15, 0.2) is 24.4 Å². The number of halogens is 1. The van der Waals surface area contributed by atoms with Gasteiger partial charge < -0.3 is 10.1 Å². The number of thiazole rings is 1. The van der Waals surface area contributed by atoms with Crippen molar-refractivity contribution in [1.29, 1.82) is 0 Å². The highest BCUT2D eigenvalue weighted by Crippen LogP contribution is 2.29. The maximum atomic E-state index is 13.3. The molecule has 0 saturated heterocycles. The third-order valence-corrected chi connectivity index (χ3v) is 3.68.